The number of hydrogen-bond acceptors (Lipinski definition) is 3. The Hall–Kier alpha value is -1.36. The van der Waals surface area contributed by atoms with Crippen molar-refractivity contribution < 1.29 is 8.42 Å². The molecule has 1 N–H and O–H groups in total. The van der Waals surface area contributed by atoms with Crippen LogP contribution < -0.4 is 4.83 Å². The van der Waals surface area contributed by atoms with Crippen molar-refractivity contribution in [2.24, 2.45) is 11.0 Å². The van der Waals surface area contributed by atoms with E-state index in [1.54, 1.807) is 0 Å². The van der Waals surface area contributed by atoms with Crippen molar-refractivity contribution >= 4 is 16.2 Å². The molecule has 0 unspecified atom stereocenters. The van der Waals surface area contributed by atoms with E-state index in [0.29, 0.717) is 0 Å². The summed E-state index contributed by atoms with van der Waals surface area (Å²) in [5.74, 6) is 0.166. The van der Waals surface area contributed by atoms with Crippen molar-refractivity contribution in [1.29, 1.82) is 0 Å². The highest BCUT2D eigenvalue weighted by atomic mass is 32.2. The molecule has 0 amide bonds. The van der Waals surface area contributed by atoms with Gasteiger partial charge in [0.25, 0.3) is 0 Å². The first-order valence-corrected chi connectivity index (χ1v) is 7.13. The van der Waals surface area contributed by atoms with Gasteiger partial charge in [0.05, 0.1) is 12.0 Å². The zero-order valence-corrected chi connectivity index (χ0v) is 11.2. The number of nitrogens with zero attached hydrogens (tertiary/aromatic N) is 1. The van der Waals surface area contributed by atoms with Crippen molar-refractivity contribution in [2.45, 2.75) is 20.8 Å². The fourth-order valence-electron chi connectivity index (χ4n) is 1.41. The number of benzene rings is 1. The van der Waals surface area contributed by atoms with Crippen molar-refractivity contribution in [2.75, 3.05) is 5.75 Å². The van der Waals surface area contributed by atoms with Crippen LogP contribution in [-0.2, 0) is 10.0 Å². The number of aryl methyl sites for hydroxylation is 1. The minimum absolute atomic E-state index is 0.0815. The lowest BCUT2D eigenvalue weighted by Gasteiger charge is -2.05. The van der Waals surface area contributed by atoms with Gasteiger partial charge < -0.3 is 0 Å². The Morgan fingerprint density at radius 1 is 1.41 bits per heavy atom. The third kappa shape index (κ3) is 5.49. The first-order valence-electron chi connectivity index (χ1n) is 5.48. The van der Waals surface area contributed by atoms with Crippen LogP contribution in [0.1, 0.15) is 25.0 Å². The van der Waals surface area contributed by atoms with Crippen LogP contribution in [0.5, 0.6) is 0 Å². The molecule has 0 fully saturated rings. The maximum atomic E-state index is 11.5. The van der Waals surface area contributed by atoms with Gasteiger partial charge >= 0.3 is 0 Å². The number of sulfonamides is 1. The molecule has 1 rings (SSSR count). The molecular weight excluding hydrogens is 236 g/mol. The average Bonchev–Trinajstić information content (AvgIpc) is 2.15. The Labute approximate surface area is 103 Å². The van der Waals surface area contributed by atoms with Gasteiger partial charge in [-0.05, 0) is 18.4 Å². The van der Waals surface area contributed by atoms with Crippen LogP contribution >= 0.6 is 0 Å². The molecular formula is C12H18N2O2S. The SMILES string of the molecule is Cc1cccc(C=NNS(=O)(=O)CC(C)C)c1. The molecule has 17 heavy (non-hydrogen) atoms. The minimum Gasteiger partial charge on any atom is -0.205 e. The van der Waals surface area contributed by atoms with Gasteiger partial charge in [0.1, 0.15) is 0 Å². The van der Waals surface area contributed by atoms with Crippen LogP contribution in [0.3, 0.4) is 0 Å². The number of hydrazone groups is 1. The second-order valence-corrected chi connectivity index (χ2v) is 6.18. The topological polar surface area (TPSA) is 58.5 Å². The fourth-order valence-corrected chi connectivity index (χ4v) is 2.57. The van der Waals surface area contributed by atoms with Crippen LogP contribution in [0.25, 0.3) is 0 Å². The van der Waals surface area contributed by atoms with Crippen LogP contribution in [0, 0.1) is 12.8 Å². The molecule has 1 aromatic rings. The predicted octanol–water partition coefficient (Wildman–Crippen LogP) is 1.90. The molecule has 0 saturated carbocycles. The smallest absolute Gasteiger partial charge is 0.205 e. The molecule has 0 radical (unpaired) electrons. The monoisotopic (exact) mass is 254 g/mol. The van der Waals surface area contributed by atoms with Crippen molar-refractivity contribution in [3.63, 3.8) is 0 Å². The maximum absolute atomic E-state index is 11.5. The summed E-state index contributed by atoms with van der Waals surface area (Å²) in [6.07, 6.45) is 1.50. The second kappa shape index (κ2) is 5.82. The van der Waals surface area contributed by atoms with E-state index in [9.17, 15) is 8.42 Å². The Kier molecular flexibility index (Phi) is 4.69. The highest BCUT2D eigenvalue weighted by Gasteiger charge is 2.10. The Bertz CT molecular complexity index is 493. The van der Waals surface area contributed by atoms with Gasteiger partial charge in [-0.3, -0.25) is 0 Å². The summed E-state index contributed by atoms with van der Waals surface area (Å²) in [6, 6.07) is 7.67. The van der Waals surface area contributed by atoms with Crippen LogP contribution in [-0.4, -0.2) is 20.4 Å². The van der Waals surface area contributed by atoms with Crippen molar-refractivity contribution in [1.82, 2.24) is 4.83 Å². The highest BCUT2D eigenvalue weighted by Crippen LogP contribution is 2.01. The van der Waals surface area contributed by atoms with Gasteiger partial charge in [-0.15, -0.1) is 0 Å². The maximum Gasteiger partial charge on any atom is 0.247 e. The van der Waals surface area contributed by atoms with Gasteiger partial charge in [-0.2, -0.15) is 5.10 Å². The molecule has 4 nitrogen and oxygen atoms in total. The molecule has 0 aliphatic carbocycles. The van der Waals surface area contributed by atoms with Gasteiger partial charge in [0.15, 0.2) is 0 Å². The zero-order valence-electron chi connectivity index (χ0n) is 10.3. The second-order valence-electron chi connectivity index (χ2n) is 4.44. The number of hydrogen-bond donors (Lipinski definition) is 1. The zero-order chi connectivity index (χ0) is 12.9. The van der Waals surface area contributed by atoms with Crippen LogP contribution in [0.2, 0.25) is 0 Å². The van der Waals surface area contributed by atoms with E-state index < -0.39 is 10.0 Å². The van der Waals surface area contributed by atoms with Gasteiger partial charge in [-0.25, -0.2) is 13.2 Å². The molecule has 0 heterocycles. The van der Waals surface area contributed by atoms with E-state index in [2.05, 4.69) is 9.93 Å². The van der Waals surface area contributed by atoms with E-state index in [0.717, 1.165) is 11.1 Å². The molecule has 0 bridgehead atoms. The van der Waals surface area contributed by atoms with Crippen molar-refractivity contribution in [3.8, 4) is 0 Å². The third-order valence-corrected chi connectivity index (χ3v) is 3.49. The molecule has 5 heteroatoms. The van der Waals surface area contributed by atoms with E-state index in [4.69, 9.17) is 0 Å². The summed E-state index contributed by atoms with van der Waals surface area (Å²) in [6.45, 7) is 5.67. The molecule has 0 atom stereocenters. The summed E-state index contributed by atoms with van der Waals surface area (Å²) in [5, 5.41) is 3.74. The first-order chi connectivity index (χ1) is 7.89. The standard InChI is InChI=1S/C12H18N2O2S/c1-10(2)9-17(15,16)14-13-8-12-6-4-5-11(3)7-12/h4-8,10,14H,9H2,1-3H3. The normalized spacial score (nSPS) is 12.2. The largest absolute Gasteiger partial charge is 0.247 e. The summed E-state index contributed by atoms with van der Waals surface area (Å²) in [5.41, 5.74) is 1.98. The predicted molar refractivity (Wildman–Crippen MR) is 70.5 cm³/mol. The lowest BCUT2D eigenvalue weighted by molar-refractivity contribution is 0.571. The van der Waals surface area contributed by atoms with Crippen LogP contribution in [0.15, 0.2) is 29.4 Å². The molecule has 0 aromatic heterocycles. The Balaban J connectivity index is 2.62. The summed E-state index contributed by atoms with van der Waals surface area (Å²) in [4.78, 5) is 2.20. The van der Waals surface area contributed by atoms with Gasteiger partial charge in [-0.1, -0.05) is 43.7 Å². The number of rotatable bonds is 5. The molecule has 0 spiro atoms. The quantitative estimate of drug-likeness (QED) is 0.644. The minimum atomic E-state index is -3.31. The Morgan fingerprint density at radius 3 is 2.71 bits per heavy atom. The van der Waals surface area contributed by atoms with Crippen molar-refractivity contribution in [3.05, 3.63) is 35.4 Å². The first kappa shape index (κ1) is 13.7. The molecule has 94 valence electrons. The average molecular weight is 254 g/mol. The molecule has 1 aromatic carbocycles. The lowest BCUT2D eigenvalue weighted by Crippen LogP contribution is -2.24. The third-order valence-electron chi connectivity index (χ3n) is 2.00. The van der Waals surface area contributed by atoms with E-state index >= 15 is 0 Å². The summed E-state index contributed by atoms with van der Waals surface area (Å²) < 4.78 is 22.9. The van der Waals surface area contributed by atoms with Crippen LogP contribution in [0.4, 0.5) is 0 Å². The lowest BCUT2D eigenvalue weighted by atomic mass is 10.2. The van der Waals surface area contributed by atoms with E-state index in [1.807, 2.05) is 45.0 Å². The van der Waals surface area contributed by atoms with E-state index in [1.165, 1.54) is 6.21 Å². The molecule has 0 saturated heterocycles. The van der Waals surface area contributed by atoms with Gasteiger partial charge in [0, 0.05) is 0 Å². The molecule has 0 aliphatic heterocycles. The fraction of sp³-hybridized carbons (Fsp3) is 0.417. The Morgan fingerprint density at radius 2 is 2.12 bits per heavy atom. The summed E-state index contributed by atoms with van der Waals surface area (Å²) >= 11 is 0. The summed E-state index contributed by atoms with van der Waals surface area (Å²) in [7, 11) is -3.31. The molecule has 0 aliphatic rings. The highest BCUT2D eigenvalue weighted by molar-refractivity contribution is 7.89. The van der Waals surface area contributed by atoms with E-state index in [-0.39, 0.29) is 11.7 Å². The number of nitrogens with one attached hydrogen (secondary N) is 1. The van der Waals surface area contributed by atoms with Gasteiger partial charge in [0.2, 0.25) is 10.0 Å².